The quantitative estimate of drug-likeness (QED) is 0.853. The number of benzene rings is 1. The highest BCUT2D eigenvalue weighted by molar-refractivity contribution is 7.85. The van der Waals surface area contributed by atoms with E-state index >= 15 is 0 Å². The molecule has 134 valence electrons. The number of rotatable bonds is 5. The number of phenols is 1. The van der Waals surface area contributed by atoms with Gasteiger partial charge in [-0.05, 0) is 42.5 Å². The van der Waals surface area contributed by atoms with Crippen molar-refractivity contribution in [1.82, 2.24) is 14.5 Å². The van der Waals surface area contributed by atoms with Gasteiger partial charge in [-0.15, -0.1) is 0 Å². The summed E-state index contributed by atoms with van der Waals surface area (Å²) in [5, 5.41) is 14.7. The summed E-state index contributed by atoms with van der Waals surface area (Å²) in [5.41, 5.74) is 2.80. The molecule has 25 heavy (non-hydrogen) atoms. The summed E-state index contributed by atoms with van der Waals surface area (Å²) in [6, 6.07) is 3.60. The minimum Gasteiger partial charge on any atom is -0.505 e. The molecular formula is C17H22N4O3S. The average Bonchev–Trinajstić information content (AvgIpc) is 3.14. The summed E-state index contributed by atoms with van der Waals surface area (Å²) in [6.07, 6.45) is 4.78. The maximum Gasteiger partial charge on any atom is 0.253 e. The first kappa shape index (κ1) is 17.5. The molecule has 1 aromatic carbocycles. The molecule has 1 amide bonds. The number of aryl methyl sites for hydroxylation is 2. The molecule has 0 saturated carbocycles. The molecule has 2 aromatic rings. The number of phenolic OH excluding ortho intramolecular Hbond substituents is 1. The van der Waals surface area contributed by atoms with Gasteiger partial charge < -0.3 is 5.11 Å². The second kappa shape index (κ2) is 6.87. The van der Waals surface area contributed by atoms with E-state index in [4.69, 9.17) is 0 Å². The molecule has 2 N–H and O–H groups in total. The fourth-order valence-corrected chi connectivity index (χ4v) is 3.61. The molecule has 1 saturated heterocycles. The SMILES string of the molecule is Cc1cc(-c2cnn(CCC(C)C)c2)cc(N2CC(=O)NS2=O)c1O. The summed E-state index contributed by atoms with van der Waals surface area (Å²) < 4.78 is 17.6. The zero-order chi connectivity index (χ0) is 18.1. The Balaban J connectivity index is 1.93. The summed E-state index contributed by atoms with van der Waals surface area (Å²) in [5.74, 6) is 0.299. The lowest BCUT2D eigenvalue weighted by molar-refractivity contribution is -0.117. The highest BCUT2D eigenvalue weighted by Crippen LogP contribution is 2.37. The molecule has 1 aliphatic rings. The second-order valence-corrected chi connectivity index (χ2v) is 7.79. The Hall–Kier alpha value is -2.35. The highest BCUT2D eigenvalue weighted by Gasteiger charge is 2.29. The predicted molar refractivity (Wildman–Crippen MR) is 97.2 cm³/mol. The molecule has 2 heterocycles. The third-order valence-electron chi connectivity index (χ3n) is 4.14. The van der Waals surface area contributed by atoms with E-state index in [1.165, 1.54) is 4.31 Å². The van der Waals surface area contributed by atoms with Crippen LogP contribution in [0.5, 0.6) is 5.75 Å². The number of carbonyl (C=O) groups is 1. The summed E-state index contributed by atoms with van der Waals surface area (Å²) in [6.45, 7) is 6.92. The van der Waals surface area contributed by atoms with Gasteiger partial charge in [-0.3, -0.25) is 18.5 Å². The summed E-state index contributed by atoms with van der Waals surface area (Å²) in [4.78, 5) is 11.5. The van der Waals surface area contributed by atoms with E-state index in [0.29, 0.717) is 17.2 Å². The minimum absolute atomic E-state index is 0.0285. The molecule has 1 unspecified atom stereocenters. The van der Waals surface area contributed by atoms with Crippen molar-refractivity contribution in [2.45, 2.75) is 33.7 Å². The molecule has 1 aliphatic heterocycles. The van der Waals surface area contributed by atoms with Crippen molar-refractivity contribution in [2.24, 2.45) is 5.92 Å². The van der Waals surface area contributed by atoms with Crippen LogP contribution in [0, 0.1) is 12.8 Å². The number of nitrogens with zero attached hydrogens (tertiary/aromatic N) is 3. The van der Waals surface area contributed by atoms with E-state index in [1.54, 1.807) is 19.2 Å². The Morgan fingerprint density at radius 1 is 1.36 bits per heavy atom. The maximum atomic E-state index is 12.0. The molecule has 3 rings (SSSR count). The lowest BCUT2D eigenvalue weighted by Gasteiger charge is -2.17. The fourth-order valence-electron chi connectivity index (χ4n) is 2.69. The zero-order valence-electron chi connectivity index (χ0n) is 14.5. The van der Waals surface area contributed by atoms with Crippen molar-refractivity contribution in [3.8, 4) is 16.9 Å². The Kier molecular flexibility index (Phi) is 4.80. The van der Waals surface area contributed by atoms with Crippen LogP contribution >= 0.6 is 0 Å². The van der Waals surface area contributed by atoms with Gasteiger partial charge in [0.1, 0.15) is 12.3 Å². The molecule has 1 atom stereocenters. The fraction of sp³-hybridized carbons (Fsp3) is 0.412. The number of nitrogens with one attached hydrogen (secondary N) is 1. The third kappa shape index (κ3) is 3.68. The normalized spacial score (nSPS) is 17.4. The van der Waals surface area contributed by atoms with Gasteiger partial charge in [0.2, 0.25) is 11.2 Å². The number of hydrogen-bond donors (Lipinski definition) is 2. The maximum absolute atomic E-state index is 12.0. The van der Waals surface area contributed by atoms with Gasteiger partial charge in [-0.25, -0.2) is 4.21 Å². The summed E-state index contributed by atoms with van der Waals surface area (Å²) in [7, 11) is 0. The zero-order valence-corrected chi connectivity index (χ0v) is 15.3. The minimum atomic E-state index is -1.68. The Labute approximate surface area is 149 Å². The van der Waals surface area contributed by atoms with Gasteiger partial charge in [0.25, 0.3) is 5.91 Å². The Morgan fingerprint density at radius 2 is 2.12 bits per heavy atom. The van der Waals surface area contributed by atoms with E-state index in [0.717, 1.165) is 24.1 Å². The van der Waals surface area contributed by atoms with Crippen LogP contribution in [-0.4, -0.2) is 31.5 Å². The number of aromatic nitrogens is 2. The van der Waals surface area contributed by atoms with Gasteiger partial charge >= 0.3 is 0 Å². The molecular weight excluding hydrogens is 340 g/mol. The van der Waals surface area contributed by atoms with E-state index in [2.05, 4.69) is 23.7 Å². The topological polar surface area (TPSA) is 87.5 Å². The third-order valence-corrected chi connectivity index (χ3v) is 5.27. The second-order valence-electron chi connectivity index (χ2n) is 6.65. The van der Waals surface area contributed by atoms with Crippen molar-refractivity contribution < 1.29 is 14.1 Å². The predicted octanol–water partition coefficient (Wildman–Crippen LogP) is 2.13. The van der Waals surface area contributed by atoms with Crippen LogP contribution in [0.25, 0.3) is 11.1 Å². The van der Waals surface area contributed by atoms with E-state index in [9.17, 15) is 14.1 Å². The van der Waals surface area contributed by atoms with Crippen molar-refractivity contribution in [2.75, 3.05) is 10.8 Å². The standard InChI is InChI=1S/C17H22N4O3S/c1-11(2)4-5-20-9-14(8-18-20)13-6-12(3)17(23)15(7-13)21-10-16(22)19-25(21)24/h6-9,11,23H,4-5,10H2,1-3H3,(H,19,22). The van der Waals surface area contributed by atoms with E-state index < -0.39 is 11.2 Å². The molecule has 0 radical (unpaired) electrons. The molecule has 7 nitrogen and oxygen atoms in total. The van der Waals surface area contributed by atoms with Crippen LogP contribution in [0.4, 0.5) is 5.69 Å². The van der Waals surface area contributed by atoms with E-state index in [-0.39, 0.29) is 18.2 Å². The van der Waals surface area contributed by atoms with Gasteiger partial charge in [0, 0.05) is 18.3 Å². The molecule has 1 aromatic heterocycles. The number of anilines is 1. The smallest absolute Gasteiger partial charge is 0.253 e. The van der Waals surface area contributed by atoms with Gasteiger partial charge in [0.05, 0.1) is 11.9 Å². The highest BCUT2D eigenvalue weighted by atomic mass is 32.2. The van der Waals surface area contributed by atoms with Gasteiger partial charge in [0.15, 0.2) is 0 Å². The summed E-state index contributed by atoms with van der Waals surface area (Å²) >= 11 is -1.68. The van der Waals surface area contributed by atoms with Crippen molar-refractivity contribution in [3.05, 3.63) is 30.1 Å². The van der Waals surface area contributed by atoms with E-state index in [1.807, 2.05) is 16.9 Å². The van der Waals surface area contributed by atoms with Crippen LogP contribution in [0.1, 0.15) is 25.8 Å². The first-order valence-electron chi connectivity index (χ1n) is 8.20. The van der Waals surface area contributed by atoms with Crippen molar-refractivity contribution >= 4 is 22.8 Å². The first-order chi connectivity index (χ1) is 11.8. The van der Waals surface area contributed by atoms with Gasteiger partial charge in [-0.2, -0.15) is 5.10 Å². The Morgan fingerprint density at radius 3 is 2.76 bits per heavy atom. The van der Waals surface area contributed by atoms with Crippen LogP contribution in [0.2, 0.25) is 0 Å². The lowest BCUT2D eigenvalue weighted by atomic mass is 10.0. The number of amides is 1. The largest absolute Gasteiger partial charge is 0.505 e. The monoisotopic (exact) mass is 362 g/mol. The Bertz CT molecular complexity index is 831. The average molecular weight is 362 g/mol. The number of aromatic hydroxyl groups is 1. The number of hydrogen-bond acceptors (Lipinski definition) is 4. The molecule has 0 aliphatic carbocycles. The van der Waals surface area contributed by atoms with Crippen molar-refractivity contribution in [3.63, 3.8) is 0 Å². The van der Waals surface area contributed by atoms with Gasteiger partial charge in [-0.1, -0.05) is 13.8 Å². The molecule has 0 bridgehead atoms. The van der Waals surface area contributed by atoms with Crippen LogP contribution in [0.15, 0.2) is 24.5 Å². The van der Waals surface area contributed by atoms with Crippen LogP contribution in [-0.2, 0) is 22.5 Å². The molecule has 1 fully saturated rings. The van der Waals surface area contributed by atoms with Crippen LogP contribution < -0.4 is 9.03 Å². The molecule has 8 heteroatoms. The number of carbonyl (C=O) groups excluding carboxylic acids is 1. The van der Waals surface area contributed by atoms with Crippen molar-refractivity contribution in [1.29, 1.82) is 0 Å². The molecule has 0 spiro atoms. The lowest BCUT2D eigenvalue weighted by Crippen LogP contribution is -2.22. The first-order valence-corrected chi connectivity index (χ1v) is 9.31. The van der Waals surface area contributed by atoms with Crippen LogP contribution in [0.3, 0.4) is 0 Å².